The first-order valence-electron chi connectivity index (χ1n) is 5.27. The van der Waals surface area contributed by atoms with Crippen molar-refractivity contribution in [2.75, 3.05) is 0 Å². The van der Waals surface area contributed by atoms with E-state index >= 15 is 0 Å². The molecule has 0 fully saturated rings. The zero-order chi connectivity index (χ0) is 12.8. The number of rotatable bonds is 3. The van der Waals surface area contributed by atoms with Crippen LogP contribution in [0.1, 0.15) is 38.1 Å². The maximum atomic E-state index is 12.2. The minimum atomic E-state index is -2.73. The molecule has 0 saturated heterocycles. The smallest absolute Gasteiger partial charge is 0.314 e. The standard InChI is InChI=1S/C8H7F2N3OS.C2H6/c1-2-5-11-3-4(15-5)7-12-13-8(14-7)6(9)10;1-2/h3,6H,2H2,1H3;1-2H3. The van der Waals surface area contributed by atoms with Crippen molar-refractivity contribution in [2.24, 2.45) is 0 Å². The Labute approximate surface area is 102 Å². The summed E-state index contributed by atoms with van der Waals surface area (Å²) in [7, 11) is 0. The molecule has 0 N–H and O–H groups in total. The van der Waals surface area contributed by atoms with E-state index < -0.39 is 12.3 Å². The molecule has 0 amide bonds. The minimum Gasteiger partial charge on any atom is -0.414 e. The summed E-state index contributed by atoms with van der Waals surface area (Å²) in [6, 6.07) is 0. The number of hydrogen-bond acceptors (Lipinski definition) is 5. The highest BCUT2D eigenvalue weighted by molar-refractivity contribution is 7.15. The minimum absolute atomic E-state index is 0.0995. The molecule has 2 aromatic heterocycles. The van der Waals surface area contributed by atoms with Gasteiger partial charge in [-0.3, -0.25) is 0 Å². The molecule has 0 spiro atoms. The molecule has 0 aliphatic carbocycles. The number of aromatic nitrogens is 3. The molecule has 0 saturated carbocycles. The number of aryl methyl sites for hydroxylation is 1. The lowest BCUT2D eigenvalue weighted by atomic mass is 10.5. The van der Waals surface area contributed by atoms with Gasteiger partial charge in [0.25, 0.3) is 11.8 Å². The number of halogens is 2. The summed E-state index contributed by atoms with van der Waals surface area (Å²) < 4.78 is 29.1. The van der Waals surface area contributed by atoms with Crippen molar-refractivity contribution in [3.63, 3.8) is 0 Å². The second-order valence-electron chi connectivity index (χ2n) is 2.72. The van der Waals surface area contributed by atoms with Crippen LogP contribution in [0.3, 0.4) is 0 Å². The first-order valence-corrected chi connectivity index (χ1v) is 6.09. The summed E-state index contributed by atoms with van der Waals surface area (Å²) in [6.07, 6.45) is -0.392. The normalized spacial score (nSPS) is 10.2. The van der Waals surface area contributed by atoms with Crippen LogP contribution in [0, 0.1) is 0 Å². The first kappa shape index (κ1) is 13.7. The summed E-state index contributed by atoms with van der Waals surface area (Å²) in [5.41, 5.74) is 0. The highest BCUT2D eigenvalue weighted by Gasteiger charge is 2.18. The van der Waals surface area contributed by atoms with Crippen LogP contribution < -0.4 is 0 Å². The third kappa shape index (κ3) is 3.29. The fourth-order valence-corrected chi connectivity index (χ4v) is 1.77. The molecule has 0 aromatic carbocycles. The number of hydrogen-bond donors (Lipinski definition) is 0. The second-order valence-corrected chi connectivity index (χ2v) is 3.83. The van der Waals surface area contributed by atoms with Gasteiger partial charge in [-0.05, 0) is 6.42 Å². The molecule has 2 heterocycles. The fraction of sp³-hybridized carbons (Fsp3) is 0.500. The molecule has 0 aliphatic rings. The van der Waals surface area contributed by atoms with Crippen LogP contribution in [0.5, 0.6) is 0 Å². The largest absolute Gasteiger partial charge is 0.414 e. The Balaban J connectivity index is 0.000000686. The maximum absolute atomic E-state index is 12.2. The summed E-state index contributed by atoms with van der Waals surface area (Å²) in [4.78, 5) is 4.69. The van der Waals surface area contributed by atoms with Crippen molar-refractivity contribution >= 4 is 11.3 Å². The molecule has 17 heavy (non-hydrogen) atoms. The highest BCUT2D eigenvalue weighted by Crippen LogP contribution is 2.27. The number of alkyl halides is 2. The molecule has 0 bridgehead atoms. The lowest BCUT2D eigenvalue weighted by molar-refractivity contribution is 0.116. The summed E-state index contributed by atoms with van der Waals surface area (Å²) >= 11 is 1.36. The maximum Gasteiger partial charge on any atom is 0.314 e. The van der Waals surface area contributed by atoms with Gasteiger partial charge in [0, 0.05) is 0 Å². The molecular weight excluding hydrogens is 248 g/mol. The summed E-state index contributed by atoms with van der Waals surface area (Å²) in [5.74, 6) is -0.557. The molecule has 0 unspecified atom stereocenters. The molecule has 0 aliphatic heterocycles. The quantitative estimate of drug-likeness (QED) is 0.845. The Kier molecular flexibility index (Phi) is 5.14. The molecule has 0 radical (unpaired) electrons. The van der Waals surface area contributed by atoms with E-state index in [0.29, 0.717) is 4.88 Å². The molecule has 94 valence electrons. The van der Waals surface area contributed by atoms with E-state index in [4.69, 9.17) is 4.42 Å². The van der Waals surface area contributed by atoms with Gasteiger partial charge in [-0.2, -0.15) is 8.78 Å². The highest BCUT2D eigenvalue weighted by atomic mass is 32.1. The van der Waals surface area contributed by atoms with Crippen molar-refractivity contribution in [3.05, 3.63) is 17.1 Å². The van der Waals surface area contributed by atoms with E-state index in [1.807, 2.05) is 20.8 Å². The predicted octanol–water partition coefficient (Wildman–Crippen LogP) is 3.72. The van der Waals surface area contributed by atoms with Gasteiger partial charge < -0.3 is 4.42 Å². The first-order chi connectivity index (χ1) is 8.20. The van der Waals surface area contributed by atoms with Crippen LogP contribution in [0.4, 0.5) is 8.78 Å². The predicted molar refractivity (Wildman–Crippen MR) is 61.1 cm³/mol. The van der Waals surface area contributed by atoms with Crippen LogP contribution in [0.25, 0.3) is 10.8 Å². The van der Waals surface area contributed by atoms with Crippen LogP contribution in [0.2, 0.25) is 0 Å². The van der Waals surface area contributed by atoms with E-state index in [9.17, 15) is 8.78 Å². The zero-order valence-electron chi connectivity index (χ0n) is 9.78. The lowest BCUT2D eigenvalue weighted by Gasteiger charge is -1.87. The molecule has 2 aromatic rings. The fourth-order valence-electron chi connectivity index (χ4n) is 0.995. The average Bonchev–Trinajstić information content (AvgIpc) is 3.00. The number of nitrogens with zero attached hydrogens (tertiary/aromatic N) is 3. The van der Waals surface area contributed by atoms with Gasteiger partial charge in [-0.1, -0.05) is 20.8 Å². The molecule has 2 rings (SSSR count). The van der Waals surface area contributed by atoms with Gasteiger partial charge in [0.2, 0.25) is 0 Å². The summed E-state index contributed by atoms with van der Waals surface area (Å²) in [5, 5.41) is 7.67. The van der Waals surface area contributed by atoms with E-state index in [0.717, 1.165) is 11.4 Å². The van der Waals surface area contributed by atoms with Crippen molar-refractivity contribution < 1.29 is 13.2 Å². The van der Waals surface area contributed by atoms with Gasteiger partial charge in [0.05, 0.1) is 11.2 Å². The Bertz CT molecular complexity index is 456. The number of thiazole rings is 1. The van der Waals surface area contributed by atoms with E-state index in [1.54, 1.807) is 6.20 Å². The summed E-state index contributed by atoms with van der Waals surface area (Å²) in [6.45, 7) is 5.96. The topological polar surface area (TPSA) is 51.8 Å². The van der Waals surface area contributed by atoms with Crippen molar-refractivity contribution in [1.29, 1.82) is 0 Å². The van der Waals surface area contributed by atoms with Crippen molar-refractivity contribution in [1.82, 2.24) is 15.2 Å². The van der Waals surface area contributed by atoms with Gasteiger partial charge in [-0.15, -0.1) is 21.5 Å². The van der Waals surface area contributed by atoms with E-state index in [-0.39, 0.29) is 5.89 Å². The molecule has 7 heteroatoms. The third-order valence-corrected chi connectivity index (χ3v) is 2.82. The SMILES string of the molecule is CC.CCc1ncc(-c2nnc(C(F)F)o2)s1. The molecule has 4 nitrogen and oxygen atoms in total. The Morgan fingerprint density at radius 2 is 2.06 bits per heavy atom. The molecular formula is C10H13F2N3OS. The lowest BCUT2D eigenvalue weighted by Crippen LogP contribution is -1.81. The zero-order valence-corrected chi connectivity index (χ0v) is 10.6. The second kappa shape index (κ2) is 6.39. The van der Waals surface area contributed by atoms with Crippen molar-refractivity contribution in [3.8, 4) is 10.8 Å². The Hall–Kier alpha value is -1.37. The van der Waals surface area contributed by atoms with Crippen LogP contribution >= 0.6 is 11.3 Å². The third-order valence-electron chi connectivity index (χ3n) is 1.69. The Morgan fingerprint density at radius 1 is 1.35 bits per heavy atom. The van der Waals surface area contributed by atoms with E-state index in [2.05, 4.69) is 15.2 Å². The van der Waals surface area contributed by atoms with Crippen LogP contribution in [-0.2, 0) is 6.42 Å². The van der Waals surface area contributed by atoms with E-state index in [1.165, 1.54) is 11.3 Å². The van der Waals surface area contributed by atoms with Crippen LogP contribution in [-0.4, -0.2) is 15.2 Å². The van der Waals surface area contributed by atoms with Gasteiger partial charge >= 0.3 is 6.43 Å². The van der Waals surface area contributed by atoms with Crippen molar-refractivity contribution in [2.45, 2.75) is 33.6 Å². The molecule has 0 atom stereocenters. The average molecular weight is 261 g/mol. The van der Waals surface area contributed by atoms with Gasteiger partial charge in [0.1, 0.15) is 4.88 Å². The van der Waals surface area contributed by atoms with Gasteiger partial charge in [0.15, 0.2) is 0 Å². The van der Waals surface area contributed by atoms with Crippen LogP contribution in [0.15, 0.2) is 10.6 Å². The monoisotopic (exact) mass is 261 g/mol. The van der Waals surface area contributed by atoms with Gasteiger partial charge in [-0.25, -0.2) is 4.98 Å². The Morgan fingerprint density at radius 3 is 2.53 bits per heavy atom.